The van der Waals surface area contributed by atoms with Crippen molar-refractivity contribution in [3.8, 4) is 5.75 Å². The zero-order valence-electron chi connectivity index (χ0n) is 15.0. The highest BCUT2D eigenvalue weighted by Gasteiger charge is 2.07. The molecule has 0 spiro atoms. The minimum absolute atomic E-state index is 0.284. The van der Waals surface area contributed by atoms with Crippen molar-refractivity contribution < 1.29 is 14.6 Å². The van der Waals surface area contributed by atoms with Crippen molar-refractivity contribution in [2.45, 2.75) is 19.7 Å². The molecule has 0 saturated heterocycles. The average molecular weight is 416 g/mol. The maximum atomic E-state index is 10.9. The van der Waals surface area contributed by atoms with Gasteiger partial charge in [0.2, 0.25) is 0 Å². The third kappa shape index (κ3) is 5.49. The first-order valence-electron chi connectivity index (χ1n) is 8.70. The Balaban J connectivity index is 1.54. The number of benzene rings is 3. The average Bonchev–Trinajstić information content (AvgIpc) is 2.68. The summed E-state index contributed by atoms with van der Waals surface area (Å²) in [4.78, 5) is 10.9. The Hall–Kier alpha value is -2.53. The highest BCUT2D eigenvalue weighted by molar-refractivity contribution is 6.35. The summed E-state index contributed by atoms with van der Waals surface area (Å²) in [6.45, 7) is 1.59. The molecule has 0 aliphatic carbocycles. The van der Waals surface area contributed by atoms with E-state index in [0.717, 1.165) is 22.4 Å². The zero-order chi connectivity index (χ0) is 19.9. The number of halogens is 2. The van der Waals surface area contributed by atoms with Crippen LogP contribution in [0.1, 0.15) is 27.0 Å². The van der Waals surface area contributed by atoms with Crippen molar-refractivity contribution in [3.63, 3.8) is 0 Å². The van der Waals surface area contributed by atoms with Crippen LogP contribution in [-0.2, 0) is 19.7 Å². The number of carboxylic acid groups (broad SMARTS) is 1. The van der Waals surface area contributed by atoms with Gasteiger partial charge < -0.3 is 15.2 Å². The van der Waals surface area contributed by atoms with Crippen molar-refractivity contribution in [2.75, 3.05) is 0 Å². The van der Waals surface area contributed by atoms with Gasteiger partial charge in [0.05, 0.1) is 5.56 Å². The first-order valence-corrected chi connectivity index (χ1v) is 9.46. The number of carbonyl (C=O) groups is 1. The molecular formula is C22H19Cl2NO3. The van der Waals surface area contributed by atoms with Gasteiger partial charge in [-0.1, -0.05) is 53.5 Å². The fourth-order valence-corrected chi connectivity index (χ4v) is 3.19. The van der Waals surface area contributed by atoms with Crippen LogP contribution in [0.3, 0.4) is 0 Å². The molecule has 0 aliphatic heterocycles. The van der Waals surface area contributed by atoms with Gasteiger partial charge in [0.15, 0.2) is 0 Å². The van der Waals surface area contributed by atoms with Crippen LogP contribution in [-0.4, -0.2) is 11.1 Å². The van der Waals surface area contributed by atoms with Crippen LogP contribution in [0.4, 0.5) is 0 Å². The van der Waals surface area contributed by atoms with Crippen molar-refractivity contribution >= 4 is 29.2 Å². The molecule has 3 aromatic rings. The second kappa shape index (κ2) is 9.60. The van der Waals surface area contributed by atoms with Crippen LogP contribution in [0.5, 0.6) is 5.75 Å². The summed E-state index contributed by atoms with van der Waals surface area (Å²) in [5, 5.41) is 13.4. The maximum Gasteiger partial charge on any atom is 0.335 e. The molecule has 0 atom stereocenters. The number of hydrogen-bond donors (Lipinski definition) is 2. The van der Waals surface area contributed by atoms with Crippen molar-refractivity contribution in [3.05, 3.63) is 99.0 Å². The molecule has 0 aliphatic rings. The SMILES string of the molecule is O=C(O)c1ccc(CNCc2cccc(OCc3c(Cl)cccc3Cl)c2)cc1. The van der Waals surface area contributed by atoms with E-state index in [0.29, 0.717) is 29.7 Å². The fourth-order valence-electron chi connectivity index (χ4n) is 2.69. The van der Waals surface area contributed by atoms with Gasteiger partial charge in [-0.25, -0.2) is 4.79 Å². The van der Waals surface area contributed by atoms with Gasteiger partial charge in [-0.2, -0.15) is 0 Å². The fraction of sp³-hybridized carbons (Fsp3) is 0.136. The van der Waals surface area contributed by atoms with E-state index in [9.17, 15) is 4.79 Å². The Bertz CT molecular complexity index is 938. The molecule has 2 N–H and O–H groups in total. The molecule has 3 rings (SSSR count). The molecule has 3 aromatic carbocycles. The molecule has 0 amide bonds. The van der Waals surface area contributed by atoms with E-state index < -0.39 is 5.97 Å². The van der Waals surface area contributed by atoms with Crippen molar-refractivity contribution in [2.24, 2.45) is 0 Å². The lowest BCUT2D eigenvalue weighted by molar-refractivity contribution is 0.0697. The summed E-state index contributed by atoms with van der Waals surface area (Å²) in [6, 6.07) is 20.0. The van der Waals surface area contributed by atoms with Gasteiger partial charge in [0.25, 0.3) is 0 Å². The standard InChI is InChI=1S/C22H19Cl2NO3/c23-20-5-2-6-21(24)19(20)14-28-18-4-1-3-16(11-18)13-25-12-15-7-9-17(10-8-15)22(26)27/h1-11,25H,12-14H2,(H,26,27). The predicted octanol–water partition coefficient (Wildman–Crippen LogP) is 5.56. The number of nitrogens with one attached hydrogen (secondary N) is 1. The Morgan fingerprint density at radius 3 is 2.21 bits per heavy atom. The second-order valence-corrected chi connectivity index (χ2v) is 7.06. The highest BCUT2D eigenvalue weighted by atomic mass is 35.5. The number of rotatable bonds is 8. The van der Waals surface area contributed by atoms with E-state index in [1.165, 1.54) is 0 Å². The molecule has 28 heavy (non-hydrogen) atoms. The van der Waals surface area contributed by atoms with Crippen LogP contribution in [0.25, 0.3) is 0 Å². The van der Waals surface area contributed by atoms with Crippen LogP contribution in [0, 0.1) is 0 Å². The normalized spacial score (nSPS) is 10.6. The van der Waals surface area contributed by atoms with Crippen molar-refractivity contribution in [1.82, 2.24) is 5.32 Å². The van der Waals surface area contributed by atoms with Gasteiger partial charge in [0, 0.05) is 28.7 Å². The molecule has 0 fully saturated rings. The minimum Gasteiger partial charge on any atom is -0.489 e. The first kappa shape index (κ1) is 20.2. The van der Waals surface area contributed by atoms with E-state index >= 15 is 0 Å². The summed E-state index contributed by atoms with van der Waals surface area (Å²) < 4.78 is 5.84. The second-order valence-electron chi connectivity index (χ2n) is 6.24. The molecule has 0 heterocycles. The predicted molar refractivity (Wildman–Crippen MR) is 111 cm³/mol. The molecule has 6 heteroatoms. The molecule has 0 bridgehead atoms. The van der Waals surface area contributed by atoms with E-state index in [1.807, 2.05) is 36.4 Å². The third-order valence-corrected chi connectivity index (χ3v) is 4.91. The van der Waals surface area contributed by atoms with Crippen LogP contribution in [0.15, 0.2) is 66.7 Å². The number of aromatic carboxylic acids is 1. The summed E-state index contributed by atoms with van der Waals surface area (Å²) in [7, 11) is 0. The Morgan fingerprint density at radius 1 is 0.893 bits per heavy atom. The van der Waals surface area contributed by atoms with E-state index in [2.05, 4.69) is 5.32 Å². The van der Waals surface area contributed by atoms with Gasteiger partial charge in [-0.05, 0) is 47.5 Å². The third-order valence-electron chi connectivity index (χ3n) is 4.20. The van der Waals surface area contributed by atoms with Gasteiger partial charge in [-0.3, -0.25) is 0 Å². The molecule has 0 radical (unpaired) electrons. The molecular weight excluding hydrogens is 397 g/mol. The summed E-state index contributed by atoms with van der Waals surface area (Å²) in [5.41, 5.74) is 3.14. The molecule has 0 aromatic heterocycles. The van der Waals surface area contributed by atoms with Crippen LogP contribution in [0.2, 0.25) is 10.0 Å². The van der Waals surface area contributed by atoms with Crippen LogP contribution >= 0.6 is 23.2 Å². The highest BCUT2D eigenvalue weighted by Crippen LogP contribution is 2.26. The smallest absolute Gasteiger partial charge is 0.335 e. The summed E-state index contributed by atoms with van der Waals surface area (Å²) in [6.07, 6.45) is 0. The summed E-state index contributed by atoms with van der Waals surface area (Å²) in [5.74, 6) is -0.185. The molecule has 0 saturated carbocycles. The minimum atomic E-state index is -0.922. The van der Waals surface area contributed by atoms with Crippen LogP contribution < -0.4 is 10.1 Å². The summed E-state index contributed by atoms with van der Waals surface area (Å²) >= 11 is 12.3. The maximum absolute atomic E-state index is 10.9. The number of carboxylic acids is 1. The van der Waals surface area contributed by atoms with Gasteiger partial charge >= 0.3 is 5.97 Å². The lowest BCUT2D eigenvalue weighted by Crippen LogP contribution is -2.12. The van der Waals surface area contributed by atoms with E-state index in [1.54, 1.807) is 30.3 Å². The van der Waals surface area contributed by atoms with Gasteiger partial charge in [-0.15, -0.1) is 0 Å². The number of hydrogen-bond acceptors (Lipinski definition) is 3. The molecule has 144 valence electrons. The van der Waals surface area contributed by atoms with Gasteiger partial charge in [0.1, 0.15) is 12.4 Å². The number of ether oxygens (including phenoxy) is 1. The Morgan fingerprint density at radius 2 is 1.54 bits per heavy atom. The topological polar surface area (TPSA) is 58.6 Å². The molecule has 0 unspecified atom stereocenters. The Kier molecular flexibility index (Phi) is 6.93. The van der Waals surface area contributed by atoms with E-state index in [-0.39, 0.29) is 5.56 Å². The monoisotopic (exact) mass is 415 g/mol. The quantitative estimate of drug-likeness (QED) is 0.505. The Labute approximate surface area is 173 Å². The lowest BCUT2D eigenvalue weighted by Gasteiger charge is -2.11. The lowest BCUT2D eigenvalue weighted by atomic mass is 10.1. The van der Waals surface area contributed by atoms with Crippen molar-refractivity contribution in [1.29, 1.82) is 0 Å². The zero-order valence-corrected chi connectivity index (χ0v) is 16.5. The van der Waals surface area contributed by atoms with E-state index in [4.69, 9.17) is 33.0 Å². The largest absolute Gasteiger partial charge is 0.489 e. The first-order chi connectivity index (χ1) is 13.5. The molecule has 4 nitrogen and oxygen atoms in total.